The van der Waals surface area contributed by atoms with Crippen molar-refractivity contribution in [2.75, 3.05) is 19.7 Å². The normalized spacial score (nSPS) is 21.5. The quantitative estimate of drug-likeness (QED) is 0.798. The van der Waals surface area contributed by atoms with Gasteiger partial charge in [0.25, 0.3) is 0 Å². The Morgan fingerprint density at radius 1 is 1.35 bits per heavy atom. The maximum Gasteiger partial charge on any atom is 0.416 e. The molecule has 1 unspecified atom stereocenters. The number of nitrogens with one attached hydrogen (secondary N) is 1. The highest BCUT2D eigenvalue weighted by Crippen LogP contribution is 2.40. The van der Waals surface area contributed by atoms with E-state index in [0.29, 0.717) is 13.2 Å². The fraction of sp³-hybridized carbons (Fsp3) is 0.455. The first kappa shape index (κ1) is 12.2. The lowest BCUT2D eigenvalue weighted by molar-refractivity contribution is -0.140. The monoisotopic (exact) mass is 247 g/mol. The number of ether oxygens (including phenoxy) is 1. The van der Waals surface area contributed by atoms with Crippen molar-refractivity contribution in [3.63, 3.8) is 0 Å². The molecule has 94 valence electrons. The number of hydrogen-bond acceptors (Lipinski definition) is 3. The maximum atomic E-state index is 12.8. The molecule has 2 N–H and O–H groups in total. The average molecular weight is 247 g/mol. The molecule has 17 heavy (non-hydrogen) atoms. The minimum absolute atomic E-state index is 0.188. The highest BCUT2D eigenvalue weighted by molar-refractivity contribution is 5.43. The van der Waals surface area contributed by atoms with Crippen molar-refractivity contribution >= 4 is 0 Å². The van der Waals surface area contributed by atoms with E-state index in [1.54, 1.807) is 0 Å². The van der Waals surface area contributed by atoms with E-state index < -0.39 is 17.8 Å². The minimum atomic E-state index is -4.49. The van der Waals surface area contributed by atoms with Crippen LogP contribution < -0.4 is 5.32 Å². The molecule has 0 saturated carbocycles. The highest BCUT2D eigenvalue weighted by atomic mass is 19.4. The van der Waals surface area contributed by atoms with Gasteiger partial charge in [-0.15, -0.1) is 0 Å². The molecule has 1 aliphatic rings. The number of alkyl halides is 3. The molecule has 1 saturated heterocycles. The van der Waals surface area contributed by atoms with Crippen LogP contribution in [0.25, 0.3) is 0 Å². The second kappa shape index (κ2) is 4.54. The van der Waals surface area contributed by atoms with E-state index in [-0.39, 0.29) is 17.9 Å². The number of benzene rings is 1. The SMILES string of the molecule is Oc1cccc(C(F)(F)F)c1C1CNCCO1. The Balaban J connectivity index is 2.43. The van der Waals surface area contributed by atoms with Crippen LogP contribution in [0.4, 0.5) is 13.2 Å². The lowest BCUT2D eigenvalue weighted by atomic mass is 10.00. The zero-order chi connectivity index (χ0) is 12.5. The van der Waals surface area contributed by atoms with Crippen LogP contribution in [0.2, 0.25) is 0 Å². The fourth-order valence-corrected chi connectivity index (χ4v) is 1.89. The number of hydrogen-bond donors (Lipinski definition) is 2. The Hall–Kier alpha value is -1.27. The molecule has 1 aromatic carbocycles. The van der Waals surface area contributed by atoms with Crippen LogP contribution in [0.5, 0.6) is 5.75 Å². The van der Waals surface area contributed by atoms with Crippen molar-refractivity contribution in [2.45, 2.75) is 12.3 Å². The van der Waals surface area contributed by atoms with Crippen LogP contribution in [-0.2, 0) is 10.9 Å². The van der Waals surface area contributed by atoms with Gasteiger partial charge < -0.3 is 15.2 Å². The van der Waals surface area contributed by atoms with Crippen LogP contribution in [0.15, 0.2) is 18.2 Å². The third-order valence-corrected chi connectivity index (χ3v) is 2.64. The van der Waals surface area contributed by atoms with Crippen molar-refractivity contribution in [3.8, 4) is 5.75 Å². The van der Waals surface area contributed by atoms with Gasteiger partial charge in [0.05, 0.1) is 18.3 Å². The second-order valence-corrected chi connectivity index (χ2v) is 3.80. The Bertz CT molecular complexity index is 400. The topological polar surface area (TPSA) is 41.5 Å². The fourth-order valence-electron chi connectivity index (χ4n) is 1.89. The van der Waals surface area contributed by atoms with E-state index in [2.05, 4.69) is 5.32 Å². The van der Waals surface area contributed by atoms with Gasteiger partial charge in [-0.25, -0.2) is 0 Å². The van der Waals surface area contributed by atoms with Crippen LogP contribution in [0, 0.1) is 0 Å². The van der Waals surface area contributed by atoms with Gasteiger partial charge in [-0.05, 0) is 12.1 Å². The van der Waals surface area contributed by atoms with E-state index in [4.69, 9.17) is 4.74 Å². The smallest absolute Gasteiger partial charge is 0.416 e. The summed E-state index contributed by atoms with van der Waals surface area (Å²) < 4.78 is 43.6. The summed E-state index contributed by atoms with van der Waals surface area (Å²) >= 11 is 0. The standard InChI is InChI=1S/C11H12F3NO2/c12-11(13,14)7-2-1-3-8(16)10(7)9-6-15-4-5-17-9/h1-3,9,15-16H,4-6H2. The zero-order valence-corrected chi connectivity index (χ0v) is 8.92. The summed E-state index contributed by atoms with van der Waals surface area (Å²) in [5, 5.41) is 12.5. The highest BCUT2D eigenvalue weighted by Gasteiger charge is 2.37. The van der Waals surface area contributed by atoms with Gasteiger partial charge in [-0.3, -0.25) is 0 Å². The molecule has 0 spiro atoms. The van der Waals surface area contributed by atoms with Gasteiger partial charge in [0.15, 0.2) is 0 Å². The number of rotatable bonds is 1. The predicted molar refractivity (Wildman–Crippen MR) is 54.7 cm³/mol. The van der Waals surface area contributed by atoms with Gasteiger partial charge in [-0.2, -0.15) is 13.2 Å². The number of halogens is 3. The largest absolute Gasteiger partial charge is 0.508 e. The van der Waals surface area contributed by atoms with Gasteiger partial charge >= 0.3 is 6.18 Å². The van der Waals surface area contributed by atoms with Crippen molar-refractivity contribution < 1.29 is 23.0 Å². The molecule has 0 amide bonds. The van der Waals surface area contributed by atoms with Crippen LogP contribution in [-0.4, -0.2) is 24.8 Å². The lowest BCUT2D eigenvalue weighted by Crippen LogP contribution is -2.34. The first-order chi connectivity index (χ1) is 8.00. The molecule has 0 bridgehead atoms. The summed E-state index contributed by atoms with van der Waals surface area (Å²) in [6, 6.07) is 3.37. The molecule has 1 heterocycles. The first-order valence-corrected chi connectivity index (χ1v) is 5.21. The molecule has 0 radical (unpaired) electrons. The van der Waals surface area contributed by atoms with Gasteiger partial charge in [0, 0.05) is 18.7 Å². The molecule has 1 fully saturated rings. The molecular weight excluding hydrogens is 235 g/mol. The molecular formula is C11H12F3NO2. The number of phenols is 1. The molecule has 2 rings (SSSR count). The Labute approximate surface area is 96.2 Å². The summed E-state index contributed by atoms with van der Waals surface area (Å²) in [6.45, 7) is 1.20. The maximum absolute atomic E-state index is 12.8. The summed E-state index contributed by atoms with van der Waals surface area (Å²) in [5.74, 6) is -0.381. The summed E-state index contributed by atoms with van der Waals surface area (Å²) in [7, 11) is 0. The van der Waals surface area contributed by atoms with E-state index in [1.165, 1.54) is 12.1 Å². The molecule has 6 heteroatoms. The Morgan fingerprint density at radius 3 is 2.71 bits per heavy atom. The summed E-state index contributed by atoms with van der Waals surface area (Å²) in [6.07, 6.45) is -5.25. The molecule has 0 aromatic heterocycles. The molecule has 1 aromatic rings. The van der Waals surface area contributed by atoms with E-state index in [0.717, 1.165) is 6.07 Å². The van der Waals surface area contributed by atoms with E-state index in [9.17, 15) is 18.3 Å². The van der Waals surface area contributed by atoms with Crippen molar-refractivity contribution in [1.82, 2.24) is 5.32 Å². The minimum Gasteiger partial charge on any atom is -0.508 e. The summed E-state index contributed by atoms with van der Waals surface area (Å²) in [5.41, 5.74) is -1.03. The van der Waals surface area contributed by atoms with Crippen molar-refractivity contribution in [2.24, 2.45) is 0 Å². The predicted octanol–water partition coefficient (Wildman–Crippen LogP) is 2.07. The molecule has 1 aliphatic heterocycles. The van der Waals surface area contributed by atoms with Crippen molar-refractivity contribution in [1.29, 1.82) is 0 Å². The third-order valence-electron chi connectivity index (χ3n) is 2.64. The molecule has 0 aliphatic carbocycles. The molecule has 1 atom stereocenters. The average Bonchev–Trinajstić information content (AvgIpc) is 2.28. The van der Waals surface area contributed by atoms with Gasteiger partial charge in [0.1, 0.15) is 5.75 Å². The molecule has 3 nitrogen and oxygen atoms in total. The zero-order valence-electron chi connectivity index (χ0n) is 8.92. The van der Waals surface area contributed by atoms with Crippen LogP contribution in [0.3, 0.4) is 0 Å². The number of phenolic OH excluding ortho intramolecular Hbond substituents is 1. The Morgan fingerprint density at radius 2 is 2.12 bits per heavy atom. The van der Waals surface area contributed by atoms with Gasteiger partial charge in [0.2, 0.25) is 0 Å². The van der Waals surface area contributed by atoms with Crippen LogP contribution >= 0.6 is 0 Å². The van der Waals surface area contributed by atoms with E-state index in [1.807, 2.05) is 0 Å². The lowest BCUT2D eigenvalue weighted by Gasteiger charge is -2.27. The summed E-state index contributed by atoms with van der Waals surface area (Å²) in [4.78, 5) is 0. The van der Waals surface area contributed by atoms with Crippen molar-refractivity contribution in [3.05, 3.63) is 29.3 Å². The second-order valence-electron chi connectivity index (χ2n) is 3.80. The Kier molecular flexibility index (Phi) is 3.26. The first-order valence-electron chi connectivity index (χ1n) is 5.21. The van der Waals surface area contributed by atoms with E-state index >= 15 is 0 Å². The number of aromatic hydroxyl groups is 1. The van der Waals surface area contributed by atoms with Crippen LogP contribution in [0.1, 0.15) is 17.2 Å². The third kappa shape index (κ3) is 2.53. The van der Waals surface area contributed by atoms with Gasteiger partial charge in [-0.1, -0.05) is 6.07 Å². The number of morpholine rings is 1.